The minimum Gasteiger partial charge on any atom is -0.315 e. The highest BCUT2D eigenvalue weighted by Gasteiger charge is 2.19. The summed E-state index contributed by atoms with van der Waals surface area (Å²) in [6, 6.07) is 76.5. The highest BCUT2D eigenvalue weighted by molar-refractivity contribution is 6.18. The summed E-state index contributed by atoms with van der Waals surface area (Å²) in [5.41, 5.74) is 15.5. The summed E-state index contributed by atoms with van der Waals surface area (Å²) in [6.45, 7) is 0. The molecule has 0 unspecified atom stereocenters. The molecule has 0 aliphatic heterocycles. The average Bonchev–Trinajstić information content (AvgIpc) is 3.60. The summed E-state index contributed by atoms with van der Waals surface area (Å²) in [7, 11) is 0. The Morgan fingerprint density at radius 3 is 1.35 bits per heavy atom. The molecule has 0 bridgehead atoms. The summed E-state index contributed by atoms with van der Waals surface area (Å²) in [6.07, 6.45) is 2.23. The second-order valence-electron chi connectivity index (χ2n) is 13.8. The van der Waals surface area contributed by atoms with Gasteiger partial charge in [-0.15, -0.1) is 0 Å². The highest BCUT2D eigenvalue weighted by atomic mass is 15.1. The Bertz CT molecular complexity index is 2790. The summed E-state index contributed by atoms with van der Waals surface area (Å²) in [5, 5.41) is 3.74. The van der Waals surface area contributed by atoms with Crippen molar-refractivity contribution < 1.29 is 0 Å². The zero-order valence-corrected chi connectivity index (χ0v) is 29.7. The third-order valence-corrected chi connectivity index (χ3v) is 10.6. The number of aromatic nitrogens is 1. The van der Waals surface area contributed by atoms with E-state index in [0.717, 1.165) is 17.1 Å². The van der Waals surface area contributed by atoms with Crippen LogP contribution in [0.25, 0.3) is 71.7 Å². The number of fused-ring (bicyclic) bond motifs is 5. The van der Waals surface area contributed by atoms with E-state index >= 15 is 0 Å². The number of nitrogens with zero attached hydrogens (tertiary/aromatic N) is 2. The van der Waals surface area contributed by atoms with Gasteiger partial charge in [0.2, 0.25) is 0 Å². The van der Waals surface area contributed by atoms with Crippen LogP contribution in [0.2, 0.25) is 0 Å². The fraction of sp³-hybridized carbons (Fsp3) is 0. The van der Waals surface area contributed by atoms with Gasteiger partial charge in [-0.25, -0.2) is 0 Å². The lowest BCUT2D eigenvalue weighted by Crippen LogP contribution is -2.09. The van der Waals surface area contributed by atoms with Gasteiger partial charge < -0.3 is 9.30 Å². The van der Waals surface area contributed by atoms with Crippen molar-refractivity contribution in [3.8, 4) is 44.5 Å². The van der Waals surface area contributed by atoms with Crippen LogP contribution in [0.3, 0.4) is 0 Å². The molecule has 0 fully saturated rings. The fourth-order valence-electron chi connectivity index (χ4n) is 8.03. The number of hydrogen-bond donors (Lipinski definition) is 0. The molecule has 2 aromatic heterocycles. The normalized spacial score (nSPS) is 11.3. The molecule has 0 atom stereocenters. The molecule has 2 nitrogen and oxygen atoms in total. The molecule has 0 spiro atoms. The van der Waals surface area contributed by atoms with Gasteiger partial charge in [0.05, 0.1) is 11.0 Å². The number of pyridine rings is 1. The Morgan fingerprint density at radius 2 is 0.796 bits per heavy atom. The first-order valence-electron chi connectivity index (χ1n) is 18.5. The molecule has 0 aliphatic rings. The fourth-order valence-corrected chi connectivity index (χ4v) is 8.03. The molecule has 0 saturated carbocycles. The van der Waals surface area contributed by atoms with Gasteiger partial charge in [0, 0.05) is 39.6 Å². The topological polar surface area (TPSA) is 7.65 Å². The molecule has 0 aliphatic carbocycles. The van der Waals surface area contributed by atoms with Crippen molar-refractivity contribution in [3.63, 3.8) is 0 Å². The molecule has 0 amide bonds. The Morgan fingerprint density at radius 1 is 0.333 bits per heavy atom. The lowest BCUT2D eigenvalue weighted by atomic mass is 9.94. The molecular weight excluding hydrogens is 653 g/mol. The maximum atomic E-state index is 2.37. The van der Waals surface area contributed by atoms with E-state index in [9.17, 15) is 0 Å². The van der Waals surface area contributed by atoms with Crippen molar-refractivity contribution in [2.45, 2.75) is 0 Å². The van der Waals surface area contributed by atoms with E-state index < -0.39 is 0 Å². The molecule has 254 valence electrons. The Balaban J connectivity index is 1.11. The summed E-state index contributed by atoms with van der Waals surface area (Å²) in [5.74, 6) is 0. The van der Waals surface area contributed by atoms with Gasteiger partial charge in [-0.3, -0.25) is 0 Å². The van der Waals surface area contributed by atoms with Crippen LogP contribution in [-0.2, 0) is 0 Å². The van der Waals surface area contributed by atoms with Crippen molar-refractivity contribution in [2.24, 2.45) is 0 Å². The van der Waals surface area contributed by atoms with Gasteiger partial charge in [0.1, 0.15) is 0 Å². The lowest BCUT2D eigenvalue weighted by molar-refractivity contribution is 1.27. The highest BCUT2D eigenvalue weighted by Crippen LogP contribution is 2.43. The lowest BCUT2D eigenvalue weighted by Gasteiger charge is -2.26. The monoisotopic (exact) mass is 688 g/mol. The van der Waals surface area contributed by atoms with Crippen LogP contribution in [0.1, 0.15) is 0 Å². The van der Waals surface area contributed by atoms with E-state index in [1.165, 1.54) is 71.7 Å². The number of rotatable bonds is 7. The number of para-hydroxylation sites is 1. The van der Waals surface area contributed by atoms with Gasteiger partial charge in [0.15, 0.2) is 0 Å². The first-order chi connectivity index (χ1) is 26.8. The molecule has 10 aromatic rings. The van der Waals surface area contributed by atoms with E-state index in [1.807, 2.05) is 0 Å². The number of hydrogen-bond acceptors (Lipinski definition) is 1. The predicted molar refractivity (Wildman–Crippen MR) is 229 cm³/mol. The SMILES string of the molecule is c1ccc(-c2ccc(N(c3ccc(-c4ccccc4)cc3)c3ccc(-c4cccc5ccn6c7ccccc7c(-c7ccccc7)c6c45)cc3)cc2)cc1. The van der Waals surface area contributed by atoms with Crippen molar-refractivity contribution >= 4 is 44.3 Å². The second-order valence-corrected chi connectivity index (χ2v) is 13.8. The summed E-state index contributed by atoms with van der Waals surface area (Å²) < 4.78 is 2.37. The average molecular weight is 689 g/mol. The van der Waals surface area contributed by atoms with E-state index in [-0.39, 0.29) is 0 Å². The van der Waals surface area contributed by atoms with Crippen LogP contribution in [0.5, 0.6) is 0 Å². The molecular formula is C52H36N2. The van der Waals surface area contributed by atoms with Crippen molar-refractivity contribution in [1.82, 2.24) is 4.40 Å². The Hall–Kier alpha value is -7.16. The maximum Gasteiger partial charge on any atom is 0.0625 e. The Labute approximate surface area is 315 Å². The summed E-state index contributed by atoms with van der Waals surface area (Å²) in [4.78, 5) is 2.35. The van der Waals surface area contributed by atoms with Crippen molar-refractivity contribution in [3.05, 3.63) is 219 Å². The van der Waals surface area contributed by atoms with Crippen LogP contribution >= 0.6 is 0 Å². The van der Waals surface area contributed by atoms with E-state index in [2.05, 4.69) is 228 Å². The van der Waals surface area contributed by atoms with Crippen LogP contribution in [0.4, 0.5) is 17.1 Å². The zero-order valence-electron chi connectivity index (χ0n) is 29.7. The minimum absolute atomic E-state index is 1.10. The molecule has 54 heavy (non-hydrogen) atoms. The van der Waals surface area contributed by atoms with Crippen molar-refractivity contribution in [1.29, 1.82) is 0 Å². The van der Waals surface area contributed by atoms with Crippen molar-refractivity contribution in [2.75, 3.05) is 4.90 Å². The van der Waals surface area contributed by atoms with Gasteiger partial charge >= 0.3 is 0 Å². The number of benzene rings is 8. The smallest absolute Gasteiger partial charge is 0.0625 e. The van der Waals surface area contributed by atoms with Crippen LogP contribution in [0.15, 0.2) is 219 Å². The van der Waals surface area contributed by atoms with Gasteiger partial charge in [0.25, 0.3) is 0 Å². The van der Waals surface area contributed by atoms with Crippen LogP contribution < -0.4 is 4.90 Å². The molecule has 0 N–H and O–H groups in total. The van der Waals surface area contributed by atoms with E-state index in [0.29, 0.717) is 0 Å². The number of anilines is 3. The van der Waals surface area contributed by atoms with Gasteiger partial charge in [-0.2, -0.15) is 0 Å². The van der Waals surface area contributed by atoms with E-state index in [1.54, 1.807) is 0 Å². The summed E-state index contributed by atoms with van der Waals surface area (Å²) >= 11 is 0. The van der Waals surface area contributed by atoms with Crippen LogP contribution in [0, 0.1) is 0 Å². The second kappa shape index (κ2) is 13.4. The van der Waals surface area contributed by atoms with E-state index in [4.69, 9.17) is 0 Å². The third kappa shape index (κ3) is 5.53. The van der Waals surface area contributed by atoms with Crippen LogP contribution in [-0.4, -0.2) is 4.40 Å². The van der Waals surface area contributed by atoms with Gasteiger partial charge in [-0.05, 0) is 92.9 Å². The molecule has 0 saturated heterocycles. The molecule has 0 radical (unpaired) electrons. The first kappa shape index (κ1) is 31.6. The minimum atomic E-state index is 1.10. The predicted octanol–water partition coefficient (Wildman–Crippen LogP) is 14.4. The molecule has 10 rings (SSSR count). The van der Waals surface area contributed by atoms with Gasteiger partial charge in [-0.1, -0.05) is 164 Å². The zero-order chi connectivity index (χ0) is 35.8. The first-order valence-corrected chi connectivity index (χ1v) is 18.5. The Kier molecular flexibility index (Phi) is 7.85. The molecule has 2 heteroatoms. The molecule has 2 heterocycles. The molecule has 8 aromatic carbocycles. The standard InChI is InChI=1S/C52H36N2/c1-4-13-37(14-5-1)39-23-29-44(30-24-39)54(45-31-25-40(26-32-45)38-15-6-2-7-16-38)46-33-27-41(28-34-46)47-21-12-19-43-35-36-53-49-22-11-10-20-48(49)51(52(53)50(43)47)42-17-8-3-9-18-42/h1-36H. The maximum absolute atomic E-state index is 2.37. The third-order valence-electron chi connectivity index (χ3n) is 10.6. The quantitative estimate of drug-likeness (QED) is 0.162. The largest absolute Gasteiger partial charge is 0.315 e.